The largest absolute Gasteiger partial charge is 0.477 e. The minimum absolute atomic E-state index is 0.116. The van der Waals surface area contributed by atoms with Crippen LogP contribution in [0.15, 0.2) is 17.4 Å². The topological polar surface area (TPSA) is 90.4 Å². The second-order valence-corrected chi connectivity index (χ2v) is 2.28. The van der Waals surface area contributed by atoms with Crippen molar-refractivity contribution < 1.29 is 9.90 Å². The molecule has 13 heavy (non-hydrogen) atoms. The van der Waals surface area contributed by atoms with E-state index in [2.05, 4.69) is 20.7 Å². The summed E-state index contributed by atoms with van der Waals surface area (Å²) in [6.07, 6.45) is 4.36. The van der Waals surface area contributed by atoms with Crippen LogP contribution in [0.4, 0.5) is 0 Å². The number of nitrogens with one attached hydrogen (secondary N) is 2. The van der Waals surface area contributed by atoms with Crippen LogP contribution < -0.4 is 5.43 Å². The molecule has 0 amide bonds. The molecule has 2 heterocycles. The summed E-state index contributed by atoms with van der Waals surface area (Å²) in [6.45, 7) is 1.03. The number of hydrogen-bond acceptors (Lipinski definition) is 4. The third-order valence-electron chi connectivity index (χ3n) is 1.30. The molecule has 0 aliphatic carbocycles. The zero-order valence-corrected chi connectivity index (χ0v) is 6.90. The van der Waals surface area contributed by atoms with Gasteiger partial charge in [-0.1, -0.05) is 0 Å². The van der Waals surface area contributed by atoms with Gasteiger partial charge in [0, 0.05) is 25.4 Å². The molecule has 0 saturated heterocycles. The number of carbonyl (C=O) groups is 1. The van der Waals surface area contributed by atoms with Crippen molar-refractivity contribution in [3.63, 3.8) is 0 Å². The van der Waals surface area contributed by atoms with Gasteiger partial charge >= 0.3 is 5.97 Å². The molecule has 1 aromatic heterocycles. The first kappa shape index (κ1) is 9.24. The van der Waals surface area contributed by atoms with Gasteiger partial charge in [-0.15, -0.1) is 0 Å². The van der Waals surface area contributed by atoms with Crippen molar-refractivity contribution in [1.29, 1.82) is 0 Å². The molecule has 6 heteroatoms. The first-order chi connectivity index (χ1) is 6.30. The summed E-state index contributed by atoms with van der Waals surface area (Å²) in [5, 5.41) is 17.6. The Morgan fingerprint density at radius 1 is 1.62 bits per heavy atom. The summed E-state index contributed by atoms with van der Waals surface area (Å²) >= 11 is 0. The Labute approximate surface area is 74.7 Å². The van der Waals surface area contributed by atoms with E-state index >= 15 is 0 Å². The molecule has 0 fully saturated rings. The Balaban J connectivity index is 0.000000145. The number of carboxylic acids is 1. The van der Waals surface area contributed by atoms with Crippen LogP contribution in [0.25, 0.3) is 0 Å². The lowest BCUT2D eigenvalue weighted by atomic mass is 10.5. The maximum absolute atomic E-state index is 9.99. The highest BCUT2D eigenvalue weighted by Gasteiger charge is 1.99. The van der Waals surface area contributed by atoms with Gasteiger partial charge in [-0.3, -0.25) is 5.10 Å². The maximum atomic E-state index is 9.99. The van der Waals surface area contributed by atoms with E-state index in [9.17, 15) is 4.79 Å². The average molecular weight is 182 g/mol. The van der Waals surface area contributed by atoms with E-state index in [1.54, 1.807) is 0 Å². The first-order valence-corrected chi connectivity index (χ1v) is 3.78. The quantitative estimate of drug-likeness (QED) is 0.573. The van der Waals surface area contributed by atoms with Crippen LogP contribution in [-0.2, 0) is 0 Å². The number of hydrogen-bond donors (Lipinski definition) is 3. The molecule has 1 aromatic rings. The molecular weight excluding hydrogens is 172 g/mol. The summed E-state index contributed by atoms with van der Waals surface area (Å²) in [7, 11) is 0. The average Bonchev–Trinajstić information content (AvgIpc) is 2.82. The van der Waals surface area contributed by atoms with E-state index in [1.807, 2.05) is 6.21 Å². The van der Waals surface area contributed by atoms with Gasteiger partial charge in [-0.25, -0.2) is 4.79 Å². The Hall–Kier alpha value is -1.85. The predicted molar refractivity (Wildman–Crippen MR) is 46.7 cm³/mol. The fourth-order valence-electron chi connectivity index (χ4n) is 0.698. The second kappa shape index (κ2) is 4.91. The fraction of sp³-hybridized carbons (Fsp3) is 0.286. The third kappa shape index (κ3) is 3.37. The van der Waals surface area contributed by atoms with Gasteiger partial charge < -0.3 is 10.5 Å². The van der Waals surface area contributed by atoms with Gasteiger partial charge in [-0.2, -0.15) is 10.2 Å². The van der Waals surface area contributed by atoms with Crippen molar-refractivity contribution in [2.24, 2.45) is 5.10 Å². The van der Waals surface area contributed by atoms with Crippen LogP contribution in [0.2, 0.25) is 0 Å². The molecular formula is C7H10N4O2. The number of H-pyrrole nitrogens is 1. The first-order valence-electron chi connectivity index (χ1n) is 3.78. The van der Waals surface area contributed by atoms with E-state index in [-0.39, 0.29) is 5.69 Å². The third-order valence-corrected chi connectivity index (χ3v) is 1.30. The van der Waals surface area contributed by atoms with Crippen molar-refractivity contribution in [2.75, 3.05) is 6.54 Å². The van der Waals surface area contributed by atoms with Crippen LogP contribution in [0.3, 0.4) is 0 Å². The predicted octanol–water partition coefficient (Wildman–Crippen LogP) is 0.0734. The van der Waals surface area contributed by atoms with Crippen molar-refractivity contribution in [1.82, 2.24) is 15.6 Å². The summed E-state index contributed by atoms with van der Waals surface area (Å²) in [5.74, 6) is -0.984. The Morgan fingerprint density at radius 3 is 2.69 bits per heavy atom. The van der Waals surface area contributed by atoms with Crippen LogP contribution in [0.1, 0.15) is 16.9 Å². The summed E-state index contributed by atoms with van der Waals surface area (Å²) in [4.78, 5) is 9.99. The van der Waals surface area contributed by atoms with E-state index < -0.39 is 5.97 Å². The SMILES string of the molecule is C1=NNCC1.O=C(O)c1ccn[nH]1. The molecule has 3 N–H and O–H groups in total. The van der Waals surface area contributed by atoms with Crippen molar-refractivity contribution in [2.45, 2.75) is 6.42 Å². The van der Waals surface area contributed by atoms with E-state index in [4.69, 9.17) is 5.11 Å². The van der Waals surface area contributed by atoms with E-state index in [1.165, 1.54) is 12.3 Å². The standard InChI is InChI=1S/C4H4N2O2.C3H6N2/c7-4(8)3-1-2-5-6-3;1-2-4-5-3-1/h1-2H,(H,5,6)(H,7,8);2,5H,1,3H2. The smallest absolute Gasteiger partial charge is 0.353 e. The Bertz CT molecular complexity index is 275. The van der Waals surface area contributed by atoms with Crippen LogP contribution in [0, 0.1) is 0 Å². The molecule has 0 aromatic carbocycles. The number of aromatic amines is 1. The summed E-state index contributed by atoms with van der Waals surface area (Å²) < 4.78 is 0. The molecule has 0 atom stereocenters. The second-order valence-electron chi connectivity index (χ2n) is 2.28. The maximum Gasteiger partial charge on any atom is 0.353 e. The lowest BCUT2D eigenvalue weighted by Crippen LogP contribution is -1.96. The summed E-state index contributed by atoms with van der Waals surface area (Å²) in [5.41, 5.74) is 2.91. The molecule has 2 rings (SSSR count). The van der Waals surface area contributed by atoms with E-state index in [0.29, 0.717) is 0 Å². The minimum Gasteiger partial charge on any atom is -0.477 e. The number of carboxylic acid groups (broad SMARTS) is 1. The minimum atomic E-state index is -0.984. The Kier molecular flexibility index (Phi) is 3.49. The zero-order chi connectivity index (χ0) is 9.52. The number of aromatic carboxylic acids is 1. The molecule has 0 radical (unpaired) electrons. The molecule has 0 unspecified atom stereocenters. The van der Waals surface area contributed by atoms with Gasteiger partial charge in [0.15, 0.2) is 0 Å². The van der Waals surface area contributed by atoms with Crippen molar-refractivity contribution >= 4 is 12.2 Å². The highest BCUT2D eigenvalue weighted by Crippen LogP contribution is 1.87. The lowest BCUT2D eigenvalue weighted by molar-refractivity contribution is 0.0690. The number of hydrazone groups is 1. The molecule has 0 bridgehead atoms. The zero-order valence-electron chi connectivity index (χ0n) is 6.90. The highest BCUT2D eigenvalue weighted by atomic mass is 16.4. The van der Waals surface area contributed by atoms with Crippen LogP contribution >= 0.6 is 0 Å². The number of aromatic nitrogens is 2. The van der Waals surface area contributed by atoms with Gasteiger partial charge in [0.25, 0.3) is 0 Å². The van der Waals surface area contributed by atoms with Crippen LogP contribution in [0.5, 0.6) is 0 Å². The van der Waals surface area contributed by atoms with Gasteiger partial charge in [-0.05, 0) is 6.07 Å². The van der Waals surface area contributed by atoms with Crippen molar-refractivity contribution in [3.8, 4) is 0 Å². The fourth-order valence-corrected chi connectivity index (χ4v) is 0.698. The highest BCUT2D eigenvalue weighted by molar-refractivity contribution is 5.84. The number of rotatable bonds is 1. The van der Waals surface area contributed by atoms with Crippen LogP contribution in [-0.4, -0.2) is 34.0 Å². The molecule has 0 spiro atoms. The Morgan fingerprint density at radius 2 is 2.46 bits per heavy atom. The normalized spacial score (nSPS) is 12.9. The molecule has 0 saturated carbocycles. The lowest BCUT2D eigenvalue weighted by Gasteiger charge is -1.79. The van der Waals surface area contributed by atoms with Gasteiger partial charge in [0.2, 0.25) is 0 Å². The molecule has 70 valence electrons. The van der Waals surface area contributed by atoms with Gasteiger partial charge in [0.05, 0.1) is 0 Å². The van der Waals surface area contributed by atoms with Gasteiger partial charge in [0.1, 0.15) is 5.69 Å². The molecule has 1 aliphatic heterocycles. The molecule has 6 nitrogen and oxygen atoms in total. The molecule has 1 aliphatic rings. The number of nitrogens with zero attached hydrogens (tertiary/aromatic N) is 2. The van der Waals surface area contributed by atoms with E-state index in [0.717, 1.165) is 13.0 Å². The monoisotopic (exact) mass is 182 g/mol. The summed E-state index contributed by atoms with van der Waals surface area (Å²) in [6, 6.07) is 1.39. The van der Waals surface area contributed by atoms with Crippen molar-refractivity contribution in [3.05, 3.63) is 18.0 Å².